The van der Waals surface area contributed by atoms with Gasteiger partial charge in [0.2, 0.25) is 0 Å². The number of rotatable bonds is 13. The van der Waals surface area contributed by atoms with Gasteiger partial charge in [-0.3, -0.25) is 0 Å². The Labute approximate surface area is 217 Å². The number of ether oxygens (including phenoxy) is 3. The monoisotopic (exact) mass is 518 g/mol. The number of esters is 3. The minimum absolute atomic E-state index is 0.0812. The molecule has 212 valence electrons. The molecule has 0 fully saturated rings. The molecular weight excluding hydrogens is 468 g/mol. The zero-order chi connectivity index (χ0) is 29.2. The molecule has 3 N–H and O–H groups in total. The topological polar surface area (TPSA) is 140 Å². The highest BCUT2D eigenvalue weighted by Crippen LogP contribution is 2.25. The van der Waals surface area contributed by atoms with Crippen LogP contribution in [0.15, 0.2) is 36.5 Å². The second kappa shape index (κ2) is 27.1. The van der Waals surface area contributed by atoms with Crippen molar-refractivity contribution >= 4 is 17.9 Å². The van der Waals surface area contributed by atoms with Crippen LogP contribution in [0.5, 0.6) is 0 Å². The highest BCUT2D eigenvalue weighted by atomic mass is 16.6. The molecule has 0 amide bonds. The van der Waals surface area contributed by atoms with Gasteiger partial charge in [-0.15, -0.1) is 0 Å². The van der Waals surface area contributed by atoms with Crippen molar-refractivity contribution in [2.75, 3.05) is 39.6 Å². The summed E-state index contributed by atoms with van der Waals surface area (Å²) >= 11 is 0. The predicted octanol–water partition coefficient (Wildman–Crippen LogP) is 3.91. The summed E-state index contributed by atoms with van der Waals surface area (Å²) in [6.07, 6.45) is 3.07. The van der Waals surface area contributed by atoms with E-state index in [0.717, 1.165) is 19.3 Å². The molecule has 0 atom stereocenters. The summed E-state index contributed by atoms with van der Waals surface area (Å²) in [5, 5.41) is 23.6. The van der Waals surface area contributed by atoms with Crippen LogP contribution in [0.1, 0.15) is 74.1 Å². The maximum Gasteiger partial charge on any atom is 0.333 e. The van der Waals surface area contributed by atoms with Crippen LogP contribution < -0.4 is 0 Å². The van der Waals surface area contributed by atoms with E-state index >= 15 is 0 Å². The molecule has 0 aromatic heterocycles. The van der Waals surface area contributed by atoms with Crippen molar-refractivity contribution < 1.29 is 43.9 Å². The molecule has 36 heavy (non-hydrogen) atoms. The van der Waals surface area contributed by atoms with Crippen LogP contribution in [0.25, 0.3) is 0 Å². The molecule has 0 aromatic carbocycles. The Hall–Kier alpha value is -2.49. The van der Waals surface area contributed by atoms with Crippen LogP contribution in [0.3, 0.4) is 0 Å². The summed E-state index contributed by atoms with van der Waals surface area (Å²) in [5.74, 6) is -1.69. The maximum absolute atomic E-state index is 11.6. The minimum Gasteiger partial charge on any atom is -0.461 e. The standard InChI is InChI=1S/C18H26O6.3C3H8O/c1-8-18(9-22-15(19)12(2)3,10-23-16(20)13(4)5)11-24-17(21)14(6)7;3*1-2-3-4/h2,4,6,8-11H2,1,3,5,7H3;3*4H,2-3H2,1H3. The number of hydrogen-bond donors (Lipinski definition) is 3. The molecule has 0 saturated heterocycles. The summed E-state index contributed by atoms with van der Waals surface area (Å²) < 4.78 is 15.5. The van der Waals surface area contributed by atoms with Crippen LogP contribution in [-0.2, 0) is 28.6 Å². The fraction of sp³-hybridized carbons (Fsp3) is 0.667. The predicted molar refractivity (Wildman–Crippen MR) is 142 cm³/mol. The highest BCUT2D eigenvalue weighted by molar-refractivity contribution is 5.88. The van der Waals surface area contributed by atoms with Gasteiger partial charge in [0, 0.05) is 36.5 Å². The average molecular weight is 519 g/mol. The van der Waals surface area contributed by atoms with Crippen molar-refractivity contribution in [1.29, 1.82) is 0 Å². The maximum atomic E-state index is 11.6. The highest BCUT2D eigenvalue weighted by Gasteiger charge is 2.34. The normalized spacial score (nSPS) is 9.50. The van der Waals surface area contributed by atoms with E-state index in [4.69, 9.17) is 29.5 Å². The third-order valence-corrected chi connectivity index (χ3v) is 3.99. The fourth-order valence-corrected chi connectivity index (χ4v) is 1.46. The molecule has 0 radical (unpaired) electrons. The van der Waals surface area contributed by atoms with Gasteiger partial charge < -0.3 is 29.5 Å². The van der Waals surface area contributed by atoms with Crippen molar-refractivity contribution in [3.63, 3.8) is 0 Å². The molecule has 0 heterocycles. The Kier molecular flexibility index (Phi) is 30.6. The number of aliphatic hydroxyl groups is 3. The second-order valence-corrected chi connectivity index (χ2v) is 8.09. The fourth-order valence-electron chi connectivity index (χ4n) is 1.46. The Morgan fingerprint density at radius 3 is 0.889 bits per heavy atom. The van der Waals surface area contributed by atoms with Gasteiger partial charge in [0.05, 0.1) is 5.41 Å². The van der Waals surface area contributed by atoms with Gasteiger partial charge in [0.1, 0.15) is 19.8 Å². The van der Waals surface area contributed by atoms with E-state index in [1.807, 2.05) is 27.7 Å². The molecule has 0 bridgehead atoms. The van der Waals surface area contributed by atoms with Crippen LogP contribution in [0.4, 0.5) is 0 Å². The quantitative estimate of drug-likeness (QED) is 0.188. The third kappa shape index (κ3) is 26.1. The number of hydrogen-bond acceptors (Lipinski definition) is 9. The van der Waals surface area contributed by atoms with E-state index in [0.29, 0.717) is 26.2 Å². The van der Waals surface area contributed by atoms with Crippen LogP contribution >= 0.6 is 0 Å². The van der Waals surface area contributed by atoms with Gasteiger partial charge in [-0.25, -0.2) is 14.4 Å². The molecule has 0 aliphatic rings. The first kappa shape index (κ1) is 40.7. The molecule has 0 saturated carbocycles. The first-order chi connectivity index (χ1) is 16.8. The molecule has 9 nitrogen and oxygen atoms in total. The zero-order valence-corrected chi connectivity index (χ0v) is 23.5. The van der Waals surface area contributed by atoms with E-state index < -0.39 is 23.3 Å². The van der Waals surface area contributed by atoms with Crippen LogP contribution in [0.2, 0.25) is 0 Å². The van der Waals surface area contributed by atoms with Gasteiger partial charge in [0.25, 0.3) is 0 Å². The van der Waals surface area contributed by atoms with Crippen molar-refractivity contribution in [1.82, 2.24) is 0 Å². The first-order valence-electron chi connectivity index (χ1n) is 12.1. The number of carbonyl (C=O) groups excluding carboxylic acids is 3. The zero-order valence-electron chi connectivity index (χ0n) is 23.5. The van der Waals surface area contributed by atoms with Gasteiger partial charge in [-0.2, -0.15) is 0 Å². The molecule has 0 aliphatic heterocycles. The van der Waals surface area contributed by atoms with E-state index in [-0.39, 0.29) is 36.5 Å². The van der Waals surface area contributed by atoms with Crippen LogP contribution in [0, 0.1) is 5.41 Å². The second-order valence-electron chi connectivity index (χ2n) is 8.09. The minimum atomic E-state index is -0.860. The lowest BCUT2D eigenvalue weighted by molar-refractivity contribution is -0.157. The van der Waals surface area contributed by atoms with Crippen molar-refractivity contribution in [3.8, 4) is 0 Å². The summed E-state index contributed by atoms with van der Waals surface area (Å²) in [6, 6.07) is 0. The molecule has 0 unspecified atom stereocenters. The van der Waals surface area contributed by atoms with Gasteiger partial charge >= 0.3 is 17.9 Å². The lowest BCUT2D eigenvalue weighted by Gasteiger charge is -2.31. The molecule has 0 aliphatic carbocycles. The van der Waals surface area contributed by atoms with E-state index in [1.54, 1.807) is 0 Å². The molecule has 0 aromatic rings. The Bertz CT molecular complexity index is 550. The van der Waals surface area contributed by atoms with Gasteiger partial charge in [-0.05, 0) is 46.5 Å². The third-order valence-electron chi connectivity index (χ3n) is 3.99. The van der Waals surface area contributed by atoms with E-state index in [1.165, 1.54) is 20.8 Å². The summed E-state index contributed by atoms with van der Waals surface area (Å²) in [7, 11) is 0. The molecule has 0 spiro atoms. The lowest BCUT2D eigenvalue weighted by Crippen LogP contribution is -2.39. The van der Waals surface area contributed by atoms with E-state index in [9.17, 15) is 14.4 Å². The van der Waals surface area contributed by atoms with E-state index in [2.05, 4.69) is 19.7 Å². The number of carbonyl (C=O) groups is 3. The van der Waals surface area contributed by atoms with Crippen molar-refractivity contribution in [2.24, 2.45) is 5.41 Å². The van der Waals surface area contributed by atoms with Crippen LogP contribution in [-0.4, -0.2) is 72.9 Å². The van der Waals surface area contributed by atoms with Gasteiger partial charge in [-0.1, -0.05) is 47.4 Å². The largest absolute Gasteiger partial charge is 0.461 e. The summed E-state index contributed by atoms with van der Waals surface area (Å²) in [5.41, 5.74) is -0.116. The van der Waals surface area contributed by atoms with Gasteiger partial charge in [0.15, 0.2) is 0 Å². The lowest BCUT2D eigenvalue weighted by atomic mass is 9.88. The summed E-state index contributed by atoms with van der Waals surface area (Å²) in [6.45, 7) is 23.4. The van der Waals surface area contributed by atoms with Crippen molar-refractivity contribution in [2.45, 2.75) is 74.1 Å². The Morgan fingerprint density at radius 2 is 0.778 bits per heavy atom. The summed E-state index contributed by atoms with van der Waals surface area (Å²) in [4.78, 5) is 34.9. The molecule has 9 heteroatoms. The Morgan fingerprint density at radius 1 is 0.583 bits per heavy atom. The average Bonchev–Trinajstić information content (AvgIpc) is 2.87. The Balaban J connectivity index is -0.000000352. The van der Waals surface area contributed by atoms with Crippen molar-refractivity contribution in [3.05, 3.63) is 36.5 Å². The SMILES string of the molecule is C=C(C)C(=O)OCC(CC)(COC(=O)C(=C)C)COC(=O)C(=C)C.CCCO.CCCO.CCCO. The molecular formula is C27H50O9. The first-order valence-corrected chi connectivity index (χ1v) is 12.1. The molecule has 0 rings (SSSR count). The smallest absolute Gasteiger partial charge is 0.333 e. The number of aliphatic hydroxyl groups excluding tert-OH is 3.